The third-order valence-corrected chi connectivity index (χ3v) is 3.22. The lowest BCUT2D eigenvalue weighted by atomic mass is 10.1. The average Bonchev–Trinajstić information content (AvgIpc) is 2.96. The minimum absolute atomic E-state index is 0.0217. The number of nitrogens with two attached hydrogens (primary N) is 1. The molecule has 0 aliphatic rings. The van der Waals surface area contributed by atoms with Crippen molar-refractivity contribution in [2.24, 2.45) is 5.73 Å². The number of aryl methyl sites for hydroxylation is 1. The van der Waals surface area contributed by atoms with Crippen molar-refractivity contribution in [1.82, 2.24) is 9.78 Å². The van der Waals surface area contributed by atoms with E-state index >= 15 is 0 Å². The van der Waals surface area contributed by atoms with Crippen molar-refractivity contribution in [3.63, 3.8) is 0 Å². The maximum absolute atomic E-state index is 13.5. The summed E-state index contributed by atoms with van der Waals surface area (Å²) in [5.41, 5.74) is 5.04. The van der Waals surface area contributed by atoms with Gasteiger partial charge in [-0.25, -0.2) is 13.6 Å². The van der Waals surface area contributed by atoms with Crippen molar-refractivity contribution in [2.75, 3.05) is 0 Å². The topological polar surface area (TPSA) is 122 Å². The van der Waals surface area contributed by atoms with Crippen LogP contribution in [0.15, 0.2) is 30.0 Å². The van der Waals surface area contributed by atoms with Crippen molar-refractivity contribution < 1.29 is 23.5 Å². The Hall–Kier alpha value is -3.54. The summed E-state index contributed by atoms with van der Waals surface area (Å²) in [4.78, 5) is 21.9. The van der Waals surface area contributed by atoms with Gasteiger partial charge in [0.1, 0.15) is 11.6 Å². The second-order valence-electron chi connectivity index (χ2n) is 5.02. The number of hydrogen-bond acceptors (Lipinski definition) is 4. The third-order valence-electron chi connectivity index (χ3n) is 3.22. The molecule has 0 fully saturated rings. The normalized spacial score (nSPS) is 11.2. The monoisotopic (exact) mass is 346 g/mol. The highest BCUT2D eigenvalue weighted by Crippen LogP contribution is 2.26. The van der Waals surface area contributed by atoms with E-state index in [0.29, 0.717) is 0 Å². The van der Waals surface area contributed by atoms with E-state index in [1.54, 1.807) is 0 Å². The fourth-order valence-corrected chi connectivity index (χ4v) is 2.05. The molecular weight excluding hydrogens is 334 g/mol. The Morgan fingerprint density at radius 1 is 1.36 bits per heavy atom. The summed E-state index contributed by atoms with van der Waals surface area (Å²) < 4.78 is 27.9. The summed E-state index contributed by atoms with van der Waals surface area (Å²) in [5, 5.41) is 22.0. The van der Waals surface area contributed by atoms with E-state index in [-0.39, 0.29) is 29.8 Å². The van der Waals surface area contributed by atoms with E-state index in [9.17, 15) is 18.4 Å². The fourth-order valence-electron chi connectivity index (χ4n) is 2.05. The van der Waals surface area contributed by atoms with Gasteiger partial charge < -0.3 is 10.8 Å². The van der Waals surface area contributed by atoms with Crippen LogP contribution in [-0.2, 0) is 16.1 Å². The molecule has 0 saturated heterocycles. The molecule has 25 heavy (non-hydrogen) atoms. The largest absolute Gasteiger partial charge is 0.477 e. The first-order chi connectivity index (χ1) is 11.8. The first-order valence-electron chi connectivity index (χ1n) is 6.98. The number of carbonyl (C=O) groups is 2. The van der Waals surface area contributed by atoms with Crippen molar-refractivity contribution in [2.45, 2.75) is 13.0 Å². The molecule has 0 spiro atoms. The summed E-state index contributed by atoms with van der Waals surface area (Å²) in [6.45, 7) is 0.106. The van der Waals surface area contributed by atoms with E-state index in [4.69, 9.17) is 16.1 Å². The quantitative estimate of drug-likeness (QED) is 0.609. The number of primary amides is 1. The molecule has 2 rings (SSSR count). The van der Waals surface area contributed by atoms with E-state index in [1.807, 2.05) is 0 Å². The predicted molar refractivity (Wildman–Crippen MR) is 82.6 cm³/mol. The first kappa shape index (κ1) is 17.8. The molecule has 2 aromatic rings. The van der Waals surface area contributed by atoms with Crippen molar-refractivity contribution in [1.29, 1.82) is 5.26 Å². The van der Waals surface area contributed by atoms with Crippen molar-refractivity contribution in [3.05, 3.63) is 47.2 Å². The molecule has 0 bridgehead atoms. The van der Waals surface area contributed by atoms with Crippen LogP contribution in [0, 0.1) is 23.0 Å². The van der Waals surface area contributed by atoms with Crippen LogP contribution in [0.2, 0.25) is 0 Å². The van der Waals surface area contributed by atoms with Crippen LogP contribution in [0.3, 0.4) is 0 Å². The van der Waals surface area contributed by atoms with E-state index < -0.39 is 29.1 Å². The Bertz CT molecular complexity index is 913. The number of carboxylic acid groups (broad SMARTS) is 1. The molecule has 7 nitrogen and oxygen atoms in total. The zero-order chi connectivity index (χ0) is 18.6. The molecular formula is C16H12F2N4O3. The van der Waals surface area contributed by atoms with Gasteiger partial charge in [0, 0.05) is 30.3 Å². The van der Waals surface area contributed by atoms with Gasteiger partial charge >= 0.3 is 5.97 Å². The van der Waals surface area contributed by atoms with Crippen LogP contribution in [-0.4, -0.2) is 26.8 Å². The summed E-state index contributed by atoms with van der Waals surface area (Å²) in [6, 6.07) is 4.60. The molecule has 1 aromatic heterocycles. The van der Waals surface area contributed by atoms with Crippen molar-refractivity contribution >= 4 is 18.0 Å². The van der Waals surface area contributed by atoms with Crippen LogP contribution >= 0.6 is 0 Å². The molecule has 0 radical (unpaired) electrons. The minimum atomic E-state index is -1.44. The SMILES string of the molecule is N#CC(=Cc1cn(CCC(N)=O)nc1-c1ccc(F)c(F)c1)C(=O)O. The Kier molecular flexibility index (Phi) is 5.24. The van der Waals surface area contributed by atoms with Crippen LogP contribution in [0.1, 0.15) is 12.0 Å². The molecule has 0 unspecified atom stereocenters. The average molecular weight is 346 g/mol. The molecule has 9 heteroatoms. The second-order valence-corrected chi connectivity index (χ2v) is 5.02. The standard InChI is InChI=1S/C16H12F2N4O3/c17-12-2-1-9(6-13(12)18)15-11(5-10(7-19)16(24)25)8-22(21-15)4-3-14(20)23/h1-2,5-6,8H,3-4H2,(H2,20,23)(H,24,25). The highest BCUT2D eigenvalue weighted by Gasteiger charge is 2.15. The molecule has 3 N–H and O–H groups in total. The molecule has 0 aliphatic carbocycles. The number of halogens is 2. The molecule has 0 atom stereocenters. The Balaban J connectivity index is 2.55. The lowest BCUT2D eigenvalue weighted by Gasteiger charge is -2.01. The molecule has 0 saturated carbocycles. The van der Waals surface area contributed by atoms with Gasteiger partial charge in [0.05, 0.1) is 5.69 Å². The highest BCUT2D eigenvalue weighted by atomic mass is 19.2. The molecule has 128 valence electrons. The predicted octanol–water partition coefficient (Wildman–Crippen LogP) is 1.70. The number of hydrogen-bond donors (Lipinski definition) is 2. The minimum Gasteiger partial charge on any atom is -0.477 e. The number of nitriles is 1. The van der Waals surface area contributed by atoms with Gasteiger partial charge in [-0.1, -0.05) is 0 Å². The maximum atomic E-state index is 13.5. The van der Waals surface area contributed by atoms with Gasteiger partial charge in [0.2, 0.25) is 5.91 Å². The lowest BCUT2D eigenvalue weighted by molar-refractivity contribution is -0.132. The summed E-state index contributed by atoms with van der Waals surface area (Å²) in [5.74, 6) is -4.15. The number of aromatic nitrogens is 2. The summed E-state index contributed by atoms with van der Waals surface area (Å²) in [7, 11) is 0. The number of nitrogens with zero attached hydrogens (tertiary/aromatic N) is 3. The Morgan fingerprint density at radius 2 is 2.08 bits per heavy atom. The van der Waals surface area contributed by atoms with Crippen LogP contribution in [0.25, 0.3) is 17.3 Å². The third kappa shape index (κ3) is 4.26. The van der Waals surface area contributed by atoms with E-state index in [2.05, 4.69) is 5.10 Å². The number of carboxylic acids is 1. The number of carbonyl (C=O) groups excluding carboxylic acids is 1. The number of aliphatic carboxylic acids is 1. The zero-order valence-corrected chi connectivity index (χ0v) is 12.7. The number of amides is 1. The molecule has 1 amide bonds. The maximum Gasteiger partial charge on any atom is 0.346 e. The summed E-state index contributed by atoms with van der Waals surface area (Å²) >= 11 is 0. The van der Waals surface area contributed by atoms with E-state index in [0.717, 1.165) is 18.2 Å². The van der Waals surface area contributed by atoms with Gasteiger partial charge in [-0.3, -0.25) is 9.48 Å². The second kappa shape index (κ2) is 7.35. The summed E-state index contributed by atoms with van der Waals surface area (Å²) in [6.07, 6.45) is 2.43. The van der Waals surface area contributed by atoms with Gasteiger partial charge in [0.15, 0.2) is 11.6 Å². The van der Waals surface area contributed by atoms with E-state index in [1.165, 1.54) is 23.0 Å². The van der Waals surface area contributed by atoms with Gasteiger partial charge in [-0.15, -0.1) is 0 Å². The molecule has 1 aromatic carbocycles. The Morgan fingerprint density at radius 3 is 2.64 bits per heavy atom. The lowest BCUT2D eigenvalue weighted by Crippen LogP contribution is -2.14. The highest BCUT2D eigenvalue weighted by molar-refractivity contribution is 5.97. The fraction of sp³-hybridized carbons (Fsp3) is 0.125. The molecule has 0 aliphatic heterocycles. The first-order valence-corrected chi connectivity index (χ1v) is 6.98. The van der Waals surface area contributed by atoms with Crippen molar-refractivity contribution in [3.8, 4) is 17.3 Å². The zero-order valence-electron chi connectivity index (χ0n) is 12.7. The van der Waals surface area contributed by atoms with Crippen LogP contribution in [0.4, 0.5) is 8.78 Å². The number of rotatable bonds is 6. The smallest absolute Gasteiger partial charge is 0.346 e. The Labute approximate surface area is 140 Å². The van der Waals surface area contributed by atoms with Gasteiger partial charge in [0.25, 0.3) is 0 Å². The molecule has 1 heterocycles. The van der Waals surface area contributed by atoms with Gasteiger partial charge in [-0.2, -0.15) is 10.4 Å². The van der Waals surface area contributed by atoms with Crippen LogP contribution < -0.4 is 5.73 Å². The van der Waals surface area contributed by atoms with Gasteiger partial charge in [-0.05, 0) is 24.3 Å². The number of benzene rings is 1. The van der Waals surface area contributed by atoms with Crippen LogP contribution in [0.5, 0.6) is 0 Å².